The van der Waals surface area contributed by atoms with Crippen LogP contribution >= 0.6 is 0 Å². The highest BCUT2D eigenvalue weighted by molar-refractivity contribution is 5.92. The number of nitrogens with one attached hydrogen (secondary N) is 1. The lowest BCUT2D eigenvalue weighted by atomic mass is 9.80. The topological polar surface area (TPSA) is 49.4 Å². The van der Waals surface area contributed by atoms with Crippen LogP contribution in [0.3, 0.4) is 0 Å². The van der Waals surface area contributed by atoms with Crippen molar-refractivity contribution in [1.29, 1.82) is 0 Å². The molecule has 1 aliphatic carbocycles. The maximum Gasteiger partial charge on any atom is 0.416 e. The van der Waals surface area contributed by atoms with Gasteiger partial charge in [-0.1, -0.05) is 13.8 Å². The molecule has 0 aliphatic heterocycles. The molecule has 2 rings (SSSR count). The summed E-state index contributed by atoms with van der Waals surface area (Å²) in [7, 11) is 0. The van der Waals surface area contributed by atoms with E-state index in [1.165, 1.54) is 12.1 Å². The second kappa shape index (κ2) is 9.94. The van der Waals surface area contributed by atoms with E-state index in [0.29, 0.717) is 31.4 Å². The van der Waals surface area contributed by atoms with Crippen molar-refractivity contribution in [3.05, 3.63) is 29.8 Å². The Morgan fingerprint density at radius 2 is 1.46 bits per heavy atom. The normalized spacial score (nSPS) is 19.9. The summed E-state index contributed by atoms with van der Waals surface area (Å²) in [6.07, 6.45) is 0.0514. The Hall–Kier alpha value is -2.05. The quantitative estimate of drug-likeness (QED) is 0.695. The van der Waals surface area contributed by atoms with Crippen LogP contribution in [0.15, 0.2) is 24.3 Å². The Labute approximate surface area is 164 Å². The number of nitrogens with zero attached hydrogens (tertiary/aromatic N) is 1. The van der Waals surface area contributed by atoms with Crippen molar-refractivity contribution in [3.8, 4) is 0 Å². The lowest BCUT2D eigenvalue weighted by Gasteiger charge is -2.31. The van der Waals surface area contributed by atoms with E-state index in [-0.39, 0.29) is 23.7 Å². The molecular formula is C21H29F3N2O2. The van der Waals surface area contributed by atoms with Gasteiger partial charge in [-0.25, -0.2) is 0 Å². The Balaban J connectivity index is 1.87. The molecule has 1 fully saturated rings. The van der Waals surface area contributed by atoms with Crippen LogP contribution in [0.5, 0.6) is 0 Å². The number of halogens is 3. The zero-order chi connectivity index (χ0) is 20.7. The number of alkyl halides is 3. The molecule has 4 nitrogen and oxygen atoms in total. The molecule has 28 heavy (non-hydrogen) atoms. The van der Waals surface area contributed by atoms with Gasteiger partial charge in [-0.3, -0.25) is 9.59 Å². The van der Waals surface area contributed by atoms with E-state index >= 15 is 0 Å². The molecule has 0 bridgehead atoms. The minimum Gasteiger partial charge on any atom is -0.342 e. The maximum absolute atomic E-state index is 12.7. The van der Waals surface area contributed by atoms with Crippen molar-refractivity contribution >= 4 is 17.5 Å². The number of amides is 2. The van der Waals surface area contributed by atoms with E-state index < -0.39 is 11.7 Å². The first-order valence-corrected chi connectivity index (χ1v) is 10.0. The maximum atomic E-state index is 12.7. The van der Waals surface area contributed by atoms with Gasteiger partial charge in [0, 0.05) is 30.6 Å². The molecule has 1 saturated carbocycles. The van der Waals surface area contributed by atoms with Crippen LogP contribution in [0.1, 0.15) is 57.9 Å². The first kappa shape index (κ1) is 22.2. The molecule has 0 aromatic heterocycles. The zero-order valence-electron chi connectivity index (χ0n) is 16.5. The van der Waals surface area contributed by atoms with Crippen LogP contribution in [0, 0.1) is 11.8 Å². The average Bonchev–Trinajstić information content (AvgIpc) is 2.67. The average molecular weight is 398 g/mol. The molecule has 156 valence electrons. The summed E-state index contributed by atoms with van der Waals surface area (Å²) in [6.45, 7) is 5.64. The molecule has 2 amide bonds. The number of carbonyl (C=O) groups excluding carboxylic acids is 2. The number of hydrogen-bond acceptors (Lipinski definition) is 2. The Kier molecular flexibility index (Phi) is 7.89. The molecule has 0 unspecified atom stereocenters. The molecule has 0 saturated heterocycles. The predicted molar refractivity (Wildman–Crippen MR) is 103 cm³/mol. The Morgan fingerprint density at radius 3 is 1.93 bits per heavy atom. The van der Waals surface area contributed by atoms with Crippen LogP contribution in [0.4, 0.5) is 18.9 Å². The number of anilines is 1. The van der Waals surface area contributed by atoms with Gasteiger partial charge in [-0.05, 0) is 62.8 Å². The largest absolute Gasteiger partial charge is 0.416 e. The number of rotatable bonds is 7. The van der Waals surface area contributed by atoms with Gasteiger partial charge in [0.1, 0.15) is 0 Å². The second-order valence-corrected chi connectivity index (χ2v) is 7.44. The van der Waals surface area contributed by atoms with E-state index in [2.05, 4.69) is 19.2 Å². The Morgan fingerprint density at radius 1 is 0.964 bits per heavy atom. The van der Waals surface area contributed by atoms with E-state index in [1.807, 2.05) is 4.90 Å². The van der Waals surface area contributed by atoms with E-state index in [4.69, 9.17) is 0 Å². The van der Waals surface area contributed by atoms with Gasteiger partial charge >= 0.3 is 6.18 Å². The van der Waals surface area contributed by atoms with Crippen LogP contribution in [-0.4, -0.2) is 29.8 Å². The second-order valence-electron chi connectivity index (χ2n) is 7.44. The standard InChI is InChI=1S/C21H29F3N2O2/c1-3-13-26(14-4-2)20(28)16-7-5-15(6-8-16)19(27)25-18-11-9-17(10-12-18)21(22,23)24/h9-12,15-16H,3-8,13-14H2,1-2H3,(H,25,27). The third-order valence-corrected chi connectivity index (χ3v) is 5.23. The van der Waals surface area contributed by atoms with Crippen molar-refractivity contribution in [2.75, 3.05) is 18.4 Å². The SMILES string of the molecule is CCCN(CCC)C(=O)C1CCC(C(=O)Nc2ccc(C(F)(F)F)cc2)CC1. The molecule has 1 aliphatic rings. The summed E-state index contributed by atoms with van der Waals surface area (Å²) in [5, 5.41) is 2.70. The highest BCUT2D eigenvalue weighted by Crippen LogP contribution is 2.32. The fourth-order valence-electron chi connectivity index (χ4n) is 3.72. The van der Waals surface area contributed by atoms with Gasteiger partial charge in [0.25, 0.3) is 0 Å². The summed E-state index contributed by atoms with van der Waals surface area (Å²) in [6, 6.07) is 4.45. The molecule has 1 aromatic carbocycles. The van der Waals surface area contributed by atoms with Gasteiger partial charge in [0.15, 0.2) is 0 Å². The molecule has 0 heterocycles. The van der Waals surface area contributed by atoms with Crippen molar-refractivity contribution in [1.82, 2.24) is 4.90 Å². The Bertz CT molecular complexity index is 645. The third-order valence-electron chi connectivity index (χ3n) is 5.23. The van der Waals surface area contributed by atoms with Crippen molar-refractivity contribution in [2.45, 2.75) is 58.5 Å². The summed E-state index contributed by atoms with van der Waals surface area (Å²) in [5.41, 5.74) is -0.388. The zero-order valence-corrected chi connectivity index (χ0v) is 16.5. The van der Waals surface area contributed by atoms with Gasteiger partial charge < -0.3 is 10.2 Å². The lowest BCUT2D eigenvalue weighted by molar-refractivity contribution is -0.138. The number of benzene rings is 1. The van der Waals surface area contributed by atoms with Crippen LogP contribution in [-0.2, 0) is 15.8 Å². The summed E-state index contributed by atoms with van der Waals surface area (Å²) in [4.78, 5) is 27.1. The summed E-state index contributed by atoms with van der Waals surface area (Å²) in [5.74, 6) is -0.250. The summed E-state index contributed by atoms with van der Waals surface area (Å²) < 4.78 is 37.8. The van der Waals surface area contributed by atoms with Gasteiger partial charge in [0.2, 0.25) is 11.8 Å². The predicted octanol–water partition coefficient (Wildman–Crippen LogP) is 5.10. The highest BCUT2D eigenvalue weighted by atomic mass is 19.4. The van der Waals surface area contributed by atoms with Crippen LogP contribution < -0.4 is 5.32 Å². The molecule has 7 heteroatoms. The fourth-order valence-corrected chi connectivity index (χ4v) is 3.72. The van der Waals surface area contributed by atoms with Gasteiger partial charge in [-0.15, -0.1) is 0 Å². The molecule has 0 atom stereocenters. The molecule has 1 aromatic rings. The van der Waals surface area contributed by atoms with Gasteiger partial charge in [0.05, 0.1) is 5.56 Å². The van der Waals surface area contributed by atoms with Crippen LogP contribution in [0.25, 0.3) is 0 Å². The molecular weight excluding hydrogens is 369 g/mol. The third kappa shape index (κ3) is 5.97. The van der Waals surface area contributed by atoms with E-state index in [9.17, 15) is 22.8 Å². The van der Waals surface area contributed by atoms with Crippen molar-refractivity contribution < 1.29 is 22.8 Å². The number of carbonyl (C=O) groups is 2. The molecule has 0 spiro atoms. The van der Waals surface area contributed by atoms with Crippen molar-refractivity contribution in [3.63, 3.8) is 0 Å². The minimum absolute atomic E-state index is 0.0341. The van der Waals surface area contributed by atoms with E-state index in [0.717, 1.165) is 38.1 Å². The first-order valence-electron chi connectivity index (χ1n) is 10.0. The smallest absolute Gasteiger partial charge is 0.342 e. The lowest BCUT2D eigenvalue weighted by Crippen LogP contribution is -2.39. The molecule has 0 radical (unpaired) electrons. The summed E-state index contributed by atoms with van der Waals surface area (Å²) >= 11 is 0. The van der Waals surface area contributed by atoms with E-state index in [1.54, 1.807) is 0 Å². The van der Waals surface area contributed by atoms with Crippen LogP contribution in [0.2, 0.25) is 0 Å². The molecule has 1 N–H and O–H groups in total. The fraction of sp³-hybridized carbons (Fsp3) is 0.619. The minimum atomic E-state index is -4.39. The monoisotopic (exact) mass is 398 g/mol. The highest BCUT2D eigenvalue weighted by Gasteiger charge is 2.32. The number of hydrogen-bond donors (Lipinski definition) is 1. The van der Waals surface area contributed by atoms with Gasteiger partial charge in [-0.2, -0.15) is 13.2 Å². The first-order chi connectivity index (χ1) is 13.3. The van der Waals surface area contributed by atoms with Crippen molar-refractivity contribution in [2.24, 2.45) is 11.8 Å².